The molecule has 6 nitrogen and oxygen atoms in total. The Morgan fingerprint density at radius 3 is 3.00 bits per heavy atom. The number of aliphatic imine (C=N–C) groups is 1. The molecule has 0 fully saturated rings. The molecule has 1 aromatic heterocycles. The molecular formula is C9H9N5O. The fraction of sp³-hybridized carbons (Fsp3) is 0.111. The van der Waals surface area contributed by atoms with Crippen molar-refractivity contribution in [2.45, 2.75) is 0 Å². The Balaban J connectivity index is 2.24. The molecule has 0 bridgehead atoms. The molecule has 0 saturated carbocycles. The number of aromatic nitrogens is 4. The number of tetrazole rings is 1. The van der Waals surface area contributed by atoms with Crippen LogP contribution in [0, 0.1) is 0 Å². The van der Waals surface area contributed by atoms with E-state index in [1.165, 1.54) is 0 Å². The van der Waals surface area contributed by atoms with E-state index in [-0.39, 0.29) is 0 Å². The number of methoxy groups -OCH3 is 1. The molecule has 1 N–H and O–H groups in total. The number of para-hydroxylation sites is 1. The average Bonchev–Trinajstić information content (AvgIpc) is 2.79. The lowest BCUT2D eigenvalue weighted by Crippen LogP contribution is -1.89. The number of nitrogens with one attached hydrogen (secondary N) is 1. The summed E-state index contributed by atoms with van der Waals surface area (Å²) in [7, 11) is 1.61. The molecule has 0 saturated heterocycles. The lowest BCUT2D eigenvalue weighted by atomic mass is 10.2. The number of ether oxygens (including phenoxy) is 1. The maximum Gasteiger partial charge on any atom is 0.288 e. The zero-order valence-electron chi connectivity index (χ0n) is 8.08. The fourth-order valence-corrected chi connectivity index (χ4v) is 1.11. The Hall–Kier alpha value is -2.24. The van der Waals surface area contributed by atoms with Gasteiger partial charge in [0, 0.05) is 11.8 Å². The highest BCUT2D eigenvalue weighted by atomic mass is 16.5. The van der Waals surface area contributed by atoms with Crippen LogP contribution in [0.15, 0.2) is 29.3 Å². The summed E-state index contributed by atoms with van der Waals surface area (Å²) in [6, 6.07) is 7.55. The molecule has 0 aliphatic heterocycles. The van der Waals surface area contributed by atoms with E-state index in [4.69, 9.17) is 4.74 Å². The van der Waals surface area contributed by atoms with Crippen molar-refractivity contribution in [1.82, 2.24) is 20.6 Å². The lowest BCUT2D eigenvalue weighted by molar-refractivity contribution is 0.414. The van der Waals surface area contributed by atoms with Crippen LogP contribution in [0.4, 0.5) is 5.95 Å². The van der Waals surface area contributed by atoms with Gasteiger partial charge in [0.1, 0.15) is 5.75 Å². The second-order valence-corrected chi connectivity index (χ2v) is 2.71. The number of H-pyrrole nitrogens is 1. The quantitative estimate of drug-likeness (QED) is 0.754. The van der Waals surface area contributed by atoms with Crippen LogP contribution >= 0.6 is 0 Å². The first kappa shape index (κ1) is 9.32. The Morgan fingerprint density at radius 2 is 2.27 bits per heavy atom. The van der Waals surface area contributed by atoms with Gasteiger partial charge in [-0.25, -0.2) is 4.99 Å². The van der Waals surface area contributed by atoms with Gasteiger partial charge in [0.15, 0.2) is 0 Å². The zero-order valence-corrected chi connectivity index (χ0v) is 8.08. The van der Waals surface area contributed by atoms with Crippen LogP contribution in [0.5, 0.6) is 5.75 Å². The molecular weight excluding hydrogens is 194 g/mol. The number of nitrogens with zero attached hydrogens (tertiary/aromatic N) is 4. The minimum atomic E-state index is 0.293. The van der Waals surface area contributed by atoms with E-state index >= 15 is 0 Å². The third-order valence-corrected chi connectivity index (χ3v) is 1.79. The van der Waals surface area contributed by atoms with Gasteiger partial charge in [-0.1, -0.05) is 17.2 Å². The monoisotopic (exact) mass is 203 g/mol. The molecule has 2 rings (SSSR count). The highest BCUT2D eigenvalue weighted by Crippen LogP contribution is 2.15. The van der Waals surface area contributed by atoms with E-state index < -0.39 is 0 Å². The summed E-state index contributed by atoms with van der Waals surface area (Å²) < 4.78 is 5.16. The summed E-state index contributed by atoms with van der Waals surface area (Å²) in [5.74, 6) is 1.05. The minimum Gasteiger partial charge on any atom is -0.496 e. The van der Waals surface area contributed by atoms with Crippen LogP contribution in [-0.4, -0.2) is 33.9 Å². The van der Waals surface area contributed by atoms with Gasteiger partial charge in [-0.2, -0.15) is 5.21 Å². The Kier molecular flexibility index (Phi) is 2.68. The number of rotatable bonds is 3. The van der Waals surface area contributed by atoms with E-state index in [0.717, 1.165) is 11.3 Å². The van der Waals surface area contributed by atoms with E-state index in [1.807, 2.05) is 24.3 Å². The van der Waals surface area contributed by atoms with Gasteiger partial charge in [0.05, 0.1) is 7.11 Å². The molecule has 1 aromatic carbocycles. The molecule has 0 atom stereocenters. The number of hydrogen-bond acceptors (Lipinski definition) is 5. The number of aromatic amines is 1. The zero-order chi connectivity index (χ0) is 10.5. The highest BCUT2D eigenvalue weighted by molar-refractivity contribution is 5.84. The lowest BCUT2D eigenvalue weighted by Gasteiger charge is -2.01. The summed E-state index contributed by atoms with van der Waals surface area (Å²) in [5.41, 5.74) is 0.866. The highest BCUT2D eigenvalue weighted by Gasteiger charge is 1.98. The molecule has 1 heterocycles. The molecule has 15 heavy (non-hydrogen) atoms. The Bertz CT molecular complexity index is 451. The van der Waals surface area contributed by atoms with Crippen LogP contribution in [0.3, 0.4) is 0 Å². The summed E-state index contributed by atoms with van der Waals surface area (Å²) in [5, 5.41) is 13.1. The van der Waals surface area contributed by atoms with Gasteiger partial charge >= 0.3 is 0 Å². The largest absolute Gasteiger partial charge is 0.496 e. The topological polar surface area (TPSA) is 76.1 Å². The molecule has 0 aliphatic rings. The summed E-state index contributed by atoms with van der Waals surface area (Å²) >= 11 is 0. The van der Waals surface area contributed by atoms with Crippen molar-refractivity contribution in [1.29, 1.82) is 0 Å². The standard InChI is InChI=1S/C9H9N5O/c1-15-8-5-3-2-4-7(8)6-10-9-11-13-14-12-9/h2-6H,1H3,(H,11,12,13,14). The fourth-order valence-electron chi connectivity index (χ4n) is 1.11. The van der Waals surface area contributed by atoms with E-state index in [1.54, 1.807) is 13.3 Å². The van der Waals surface area contributed by atoms with Crippen molar-refractivity contribution in [2.75, 3.05) is 7.11 Å². The maximum absolute atomic E-state index is 5.16. The van der Waals surface area contributed by atoms with Crippen molar-refractivity contribution in [2.24, 2.45) is 4.99 Å². The Labute approximate surface area is 86.0 Å². The van der Waals surface area contributed by atoms with Gasteiger partial charge in [-0.15, -0.1) is 5.10 Å². The molecule has 0 spiro atoms. The van der Waals surface area contributed by atoms with E-state index in [9.17, 15) is 0 Å². The van der Waals surface area contributed by atoms with Gasteiger partial charge in [0.25, 0.3) is 5.95 Å². The van der Waals surface area contributed by atoms with Crippen LogP contribution < -0.4 is 4.74 Å². The smallest absolute Gasteiger partial charge is 0.288 e. The van der Waals surface area contributed by atoms with E-state index in [0.29, 0.717) is 5.95 Å². The van der Waals surface area contributed by atoms with Crippen LogP contribution in [0.1, 0.15) is 5.56 Å². The first-order chi connectivity index (χ1) is 7.40. The Morgan fingerprint density at radius 1 is 1.40 bits per heavy atom. The van der Waals surface area contributed by atoms with Crippen molar-refractivity contribution in [3.8, 4) is 5.75 Å². The normalized spacial score (nSPS) is 10.7. The predicted octanol–water partition coefficient (Wildman–Crippen LogP) is 0.959. The van der Waals surface area contributed by atoms with Crippen molar-refractivity contribution in [3.05, 3.63) is 29.8 Å². The van der Waals surface area contributed by atoms with Gasteiger partial charge in [-0.3, -0.25) is 0 Å². The third-order valence-electron chi connectivity index (χ3n) is 1.79. The van der Waals surface area contributed by atoms with Gasteiger partial charge in [0.2, 0.25) is 0 Å². The van der Waals surface area contributed by atoms with Crippen LogP contribution in [0.25, 0.3) is 0 Å². The van der Waals surface area contributed by atoms with Crippen LogP contribution in [-0.2, 0) is 0 Å². The van der Waals surface area contributed by atoms with Gasteiger partial charge < -0.3 is 4.74 Å². The summed E-state index contributed by atoms with van der Waals surface area (Å²) in [6.07, 6.45) is 1.63. The first-order valence-corrected chi connectivity index (χ1v) is 4.30. The molecule has 0 aliphatic carbocycles. The number of hydrogen-bond donors (Lipinski definition) is 1. The van der Waals surface area contributed by atoms with Crippen molar-refractivity contribution in [3.63, 3.8) is 0 Å². The number of benzene rings is 1. The minimum absolute atomic E-state index is 0.293. The van der Waals surface area contributed by atoms with E-state index in [2.05, 4.69) is 25.6 Å². The molecule has 0 amide bonds. The predicted molar refractivity (Wildman–Crippen MR) is 54.4 cm³/mol. The first-order valence-electron chi connectivity index (χ1n) is 4.30. The average molecular weight is 203 g/mol. The van der Waals surface area contributed by atoms with Crippen molar-refractivity contribution < 1.29 is 4.74 Å². The molecule has 0 unspecified atom stereocenters. The second-order valence-electron chi connectivity index (χ2n) is 2.71. The van der Waals surface area contributed by atoms with Gasteiger partial charge in [-0.05, 0) is 17.3 Å². The maximum atomic E-state index is 5.16. The molecule has 0 radical (unpaired) electrons. The molecule has 2 aromatic rings. The molecule has 6 heteroatoms. The SMILES string of the molecule is COc1ccccc1C=Nc1nn[nH]n1. The summed E-state index contributed by atoms with van der Waals surface area (Å²) in [4.78, 5) is 4.02. The second kappa shape index (κ2) is 4.32. The third kappa shape index (κ3) is 2.16. The summed E-state index contributed by atoms with van der Waals surface area (Å²) in [6.45, 7) is 0. The molecule has 76 valence electrons. The van der Waals surface area contributed by atoms with Crippen molar-refractivity contribution >= 4 is 12.2 Å². The van der Waals surface area contributed by atoms with Crippen LogP contribution in [0.2, 0.25) is 0 Å².